The molecule has 0 aliphatic carbocycles. The second-order valence-electron chi connectivity index (χ2n) is 7.09. The topological polar surface area (TPSA) is 29.0 Å². The Morgan fingerprint density at radius 2 is 1.73 bits per heavy atom. The first kappa shape index (κ1) is 20.2. The number of alkyl halides is 3. The third kappa shape index (κ3) is 3.82. The lowest BCUT2D eigenvalue weighted by molar-refractivity contribution is -0.141. The molecule has 1 aliphatic rings. The van der Waals surface area contributed by atoms with Gasteiger partial charge in [0, 0.05) is 24.2 Å². The number of hydrogen-bond acceptors (Lipinski definition) is 3. The fourth-order valence-corrected chi connectivity index (χ4v) is 3.46. The van der Waals surface area contributed by atoms with Crippen molar-refractivity contribution in [1.29, 1.82) is 0 Å². The Bertz CT molecular complexity index is 1120. The van der Waals surface area contributed by atoms with E-state index < -0.39 is 23.5 Å². The molecule has 0 saturated carbocycles. The maximum atomic E-state index is 14.4. The lowest BCUT2D eigenvalue weighted by Crippen LogP contribution is -2.16. The lowest BCUT2D eigenvalue weighted by atomic mass is 9.92. The minimum atomic E-state index is -4.56. The van der Waals surface area contributed by atoms with Gasteiger partial charge in [0.05, 0.1) is 5.69 Å². The van der Waals surface area contributed by atoms with Crippen LogP contribution in [0, 0.1) is 11.6 Å². The van der Waals surface area contributed by atoms with Crippen LogP contribution in [0.25, 0.3) is 16.8 Å². The average Bonchev–Trinajstić information content (AvgIpc) is 2.87. The van der Waals surface area contributed by atoms with Gasteiger partial charge in [-0.05, 0) is 48.0 Å². The van der Waals surface area contributed by atoms with E-state index in [1.165, 1.54) is 18.2 Å². The molecule has 3 aromatic rings. The van der Waals surface area contributed by atoms with E-state index in [1.54, 1.807) is 18.2 Å². The molecule has 2 aromatic carbocycles. The summed E-state index contributed by atoms with van der Waals surface area (Å²) in [6.07, 6.45) is -2.72. The number of nitrogens with zero attached hydrogens (tertiary/aromatic N) is 3. The van der Waals surface area contributed by atoms with Crippen molar-refractivity contribution in [3.8, 4) is 11.3 Å². The fraction of sp³-hybridized carbons (Fsp3) is 0.182. The quantitative estimate of drug-likeness (QED) is 0.529. The second-order valence-corrected chi connectivity index (χ2v) is 7.09. The molecule has 0 radical (unpaired) electrons. The molecule has 0 bridgehead atoms. The normalized spacial score (nSPS) is 14.8. The molecule has 2 heterocycles. The first-order chi connectivity index (χ1) is 14.2. The molecule has 0 spiro atoms. The summed E-state index contributed by atoms with van der Waals surface area (Å²) in [5.41, 5.74) is 2.10. The predicted molar refractivity (Wildman–Crippen MR) is 102 cm³/mol. The highest BCUT2D eigenvalue weighted by atomic mass is 19.4. The van der Waals surface area contributed by atoms with Gasteiger partial charge in [0.25, 0.3) is 0 Å². The number of halogens is 5. The highest BCUT2D eigenvalue weighted by Crippen LogP contribution is 2.34. The molecule has 30 heavy (non-hydrogen) atoms. The van der Waals surface area contributed by atoms with Crippen molar-refractivity contribution in [2.45, 2.75) is 12.7 Å². The van der Waals surface area contributed by atoms with Crippen molar-refractivity contribution in [3.05, 3.63) is 88.6 Å². The Balaban J connectivity index is 1.78. The van der Waals surface area contributed by atoms with Crippen LogP contribution in [0.4, 0.5) is 22.0 Å². The van der Waals surface area contributed by atoms with Gasteiger partial charge in [-0.25, -0.2) is 8.78 Å². The fourth-order valence-electron chi connectivity index (χ4n) is 3.46. The smallest absolute Gasteiger partial charge is 0.298 e. The summed E-state index contributed by atoms with van der Waals surface area (Å²) in [5, 5.41) is 6.97. The van der Waals surface area contributed by atoms with E-state index in [2.05, 4.69) is 10.2 Å². The van der Waals surface area contributed by atoms with Crippen LogP contribution in [0.2, 0.25) is 0 Å². The monoisotopic (exact) mass is 417 g/mol. The van der Waals surface area contributed by atoms with Crippen molar-refractivity contribution >= 4 is 5.57 Å². The van der Waals surface area contributed by atoms with Gasteiger partial charge in [0.1, 0.15) is 0 Å². The summed E-state index contributed by atoms with van der Waals surface area (Å²) in [7, 11) is 1.88. The summed E-state index contributed by atoms with van der Waals surface area (Å²) >= 11 is 0. The van der Waals surface area contributed by atoms with Gasteiger partial charge in [0.2, 0.25) is 0 Å². The third-order valence-corrected chi connectivity index (χ3v) is 4.94. The lowest BCUT2D eigenvalue weighted by Gasteiger charge is -2.16. The number of hydrogen-bond donors (Lipinski definition) is 0. The summed E-state index contributed by atoms with van der Waals surface area (Å²) < 4.78 is 66.4. The summed E-state index contributed by atoms with van der Waals surface area (Å²) in [5.74, 6) is -1.85. The summed E-state index contributed by atoms with van der Waals surface area (Å²) in [4.78, 5) is 1.99. The maximum Gasteiger partial charge on any atom is 0.435 e. The first-order valence-electron chi connectivity index (χ1n) is 9.12. The number of aromatic nitrogens is 2. The van der Waals surface area contributed by atoms with E-state index in [9.17, 15) is 22.0 Å². The molecule has 0 unspecified atom stereocenters. The Hall–Kier alpha value is -3.13. The molecule has 1 aliphatic heterocycles. The molecule has 3 nitrogen and oxygen atoms in total. The zero-order chi connectivity index (χ0) is 21.5. The maximum absolute atomic E-state index is 14.4. The number of benzene rings is 2. The minimum absolute atomic E-state index is 0.161. The molecule has 0 saturated heterocycles. The van der Waals surface area contributed by atoms with Crippen LogP contribution in [-0.2, 0) is 12.7 Å². The van der Waals surface area contributed by atoms with Crippen molar-refractivity contribution in [3.63, 3.8) is 0 Å². The van der Waals surface area contributed by atoms with Crippen LogP contribution in [0.5, 0.6) is 0 Å². The zero-order valence-corrected chi connectivity index (χ0v) is 15.8. The highest BCUT2D eigenvalue weighted by molar-refractivity contribution is 5.83. The zero-order valence-electron chi connectivity index (χ0n) is 15.8. The molecule has 4 rings (SSSR count). The molecular weight excluding hydrogens is 401 g/mol. The Morgan fingerprint density at radius 1 is 0.933 bits per heavy atom. The van der Waals surface area contributed by atoms with Gasteiger partial charge in [-0.15, -0.1) is 10.2 Å². The number of rotatable bonds is 2. The van der Waals surface area contributed by atoms with Crippen LogP contribution in [0.1, 0.15) is 22.4 Å². The van der Waals surface area contributed by atoms with Crippen molar-refractivity contribution in [2.75, 3.05) is 13.6 Å². The summed E-state index contributed by atoms with van der Waals surface area (Å²) in [6.45, 7) is 1.05. The SMILES string of the molecule is CN1CC=C(c2cccc(F)c2F)c2ccc(-c3ccc(C(F)(F)F)nn3)cc2C1. The molecule has 0 amide bonds. The second kappa shape index (κ2) is 7.60. The Morgan fingerprint density at radius 3 is 2.43 bits per heavy atom. The van der Waals surface area contributed by atoms with Crippen LogP contribution in [0.15, 0.2) is 54.6 Å². The molecule has 8 heteroatoms. The van der Waals surface area contributed by atoms with Crippen LogP contribution >= 0.6 is 0 Å². The Labute approximate surface area is 169 Å². The number of fused-ring (bicyclic) bond motifs is 1. The van der Waals surface area contributed by atoms with Crippen LogP contribution < -0.4 is 0 Å². The molecule has 1 aromatic heterocycles. The van der Waals surface area contributed by atoms with E-state index >= 15 is 0 Å². The predicted octanol–water partition coefficient (Wildman–Crippen LogP) is 5.32. The molecule has 0 atom stereocenters. The van der Waals surface area contributed by atoms with Gasteiger partial charge < -0.3 is 0 Å². The standard InChI is InChI=1S/C22H16F5N3/c1-30-10-9-16(17-3-2-4-18(23)21(17)24)15-6-5-13(11-14(15)12-30)19-7-8-20(29-28-19)22(25,26)27/h2-9,11H,10,12H2,1H3. The van der Waals surface area contributed by atoms with Gasteiger partial charge >= 0.3 is 6.18 Å². The van der Waals surface area contributed by atoms with E-state index in [1.807, 2.05) is 18.0 Å². The molecular formula is C22H16F5N3. The first-order valence-corrected chi connectivity index (χ1v) is 9.12. The Kier molecular flexibility index (Phi) is 5.11. The van der Waals surface area contributed by atoms with Crippen molar-refractivity contribution in [1.82, 2.24) is 15.1 Å². The van der Waals surface area contributed by atoms with Crippen molar-refractivity contribution in [2.24, 2.45) is 0 Å². The van der Waals surface area contributed by atoms with E-state index in [4.69, 9.17) is 0 Å². The van der Waals surface area contributed by atoms with Crippen LogP contribution in [0.3, 0.4) is 0 Å². The van der Waals surface area contributed by atoms with Crippen molar-refractivity contribution < 1.29 is 22.0 Å². The highest BCUT2D eigenvalue weighted by Gasteiger charge is 2.33. The average molecular weight is 417 g/mol. The summed E-state index contributed by atoms with van der Waals surface area (Å²) in [6, 6.07) is 11.4. The van der Waals surface area contributed by atoms with E-state index in [0.717, 1.165) is 23.3 Å². The molecule has 0 N–H and O–H groups in total. The van der Waals surface area contributed by atoms with Gasteiger partial charge in [-0.3, -0.25) is 4.90 Å². The largest absolute Gasteiger partial charge is 0.435 e. The van der Waals surface area contributed by atoms with Gasteiger partial charge in [-0.2, -0.15) is 13.2 Å². The van der Waals surface area contributed by atoms with E-state index in [-0.39, 0.29) is 5.56 Å². The number of likely N-dealkylation sites (N-methyl/N-ethyl adjacent to an activating group) is 1. The molecule has 0 fully saturated rings. The van der Waals surface area contributed by atoms with E-state index in [0.29, 0.717) is 29.9 Å². The third-order valence-electron chi connectivity index (χ3n) is 4.94. The minimum Gasteiger partial charge on any atom is -0.298 e. The van der Waals surface area contributed by atoms with Crippen LogP contribution in [-0.4, -0.2) is 28.7 Å². The van der Waals surface area contributed by atoms with Gasteiger partial charge in [-0.1, -0.05) is 30.3 Å². The molecule has 154 valence electrons. The van der Waals surface area contributed by atoms with Gasteiger partial charge in [0.15, 0.2) is 17.3 Å².